The van der Waals surface area contributed by atoms with E-state index in [1.807, 2.05) is 61.2 Å². The minimum absolute atomic E-state index is 0.0202. The largest absolute Gasteiger partial charge is 0.325 e. The highest BCUT2D eigenvalue weighted by molar-refractivity contribution is 6.03. The van der Waals surface area contributed by atoms with Crippen LogP contribution in [0.25, 0.3) is 0 Å². The van der Waals surface area contributed by atoms with Crippen LogP contribution in [0, 0.1) is 6.92 Å². The summed E-state index contributed by atoms with van der Waals surface area (Å²) in [6, 6.07) is 15.0. The van der Waals surface area contributed by atoms with Gasteiger partial charge in [-0.2, -0.15) is 0 Å². The van der Waals surface area contributed by atoms with E-state index in [1.54, 1.807) is 4.90 Å². The third-order valence-electron chi connectivity index (χ3n) is 4.84. The van der Waals surface area contributed by atoms with Crippen LogP contribution in [0.1, 0.15) is 35.3 Å². The molecular weight excluding hydrogens is 312 g/mol. The van der Waals surface area contributed by atoms with Crippen LogP contribution in [0.5, 0.6) is 0 Å². The second-order valence-electron chi connectivity index (χ2n) is 6.52. The molecule has 130 valence electrons. The SMILES string of the molecule is CCc1ccccc1N1CCN(C(=O)c2cccc(C)c2)[C@@H](C)C1=O. The fourth-order valence-electron chi connectivity index (χ4n) is 3.40. The minimum atomic E-state index is -0.466. The lowest BCUT2D eigenvalue weighted by Gasteiger charge is -2.39. The van der Waals surface area contributed by atoms with E-state index in [-0.39, 0.29) is 11.8 Å². The summed E-state index contributed by atoms with van der Waals surface area (Å²) < 4.78 is 0. The number of rotatable bonds is 3. The molecule has 1 atom stereocenters. The lowest BCUT2D eigenvalue weighted by atomic mass is 10.0. The highest BCUT2D eigenvalue weighted by atomic mass is 16.2. The highest BCUT2D eigenvalue weighted by Crippen LogP contribution is 2.25. The van der Waals surface area contributed by atoms with Crippen molar-refractivity contribution < 1.29 is 9.59 Å². The van der Waals surface area contributed by atoms with Crippen molar-refractivity contribution in [2.45, 2.75) is 33.2 Å². The maximum atomic E-state index is 12.9. The molecule has 1 heterocycles. The fraction of sp³-hybridized carbons (Fsp3) is 0.333. The molecule has 2 aromatic rings. The molecule has 25 heavy (non-hydrogen) atoms. The minimum Gasteiger partial charge on any atom is -0.325 e. The van der Waals surface area contributed by atoms with Crippen LogP contribution in [0.3, 0.4) is 0 Å². The third-order valence-corrected chi connectivity index (χ3v) is 4.84. The Kier molecular flexibility index (Phi) is 4.88. The van der Waals surface area contributed by atoms with Crippen molar-refractivity contribution in [3.8, 4) is 0 Å². The van der Waals surface area contributed by atoms with E-state index in [2.05, 4.69) is 13.0 Å². The first kappa shape index (κ1) is 17.2. The van der Waals surface area contributed by atoms with Crippen molar-refractivity contribution in [2.75, 3.05) is 18.0 Å². The average molecular weight is 336 g/mol. The molecule has 0 N–H and O–H groups in total. The number of carbonyl (C=O) groups is 2. The Morgan fingerprint density at radius 2 is 1.88 bits per heavy atom. The van der Waals surface area contributed by atoms with E-state index >= 15 is 0 Å². The molecule has 0 aromatic heterocycles. The molecule has 0 radical (unpaired) electrons. The summed E-state index contributed by atoms with van der Waals surface area (Å²) in [5.41, 5.74) is 3.80. The van der Waals surface area contributed by atoms with Gasteiger partial charge >= 0.3 is 0 Å². The Morgan fingerprint density at radius 3 is 2.60 bits per heavy atom. The van der Waals surface area contributed by atoms with Crippen LogP contribution in [-0.2, 0) is 11.2 Å². The molecule has 1 aliphatic rings. The van der Waals surface area contributed by atoms with Crippen molar-refractivity contribution >= 4 is 17.5 Å². The van der Waals surface area contributed by atoms with Crippen molar-refractivity contribution in [3.63, 3.8) is 0 Å². The normalized spacial score (nSPS) is 17.7. The van der Waals surface area contributed by atoms with Gasteiger partial charge in [0.15, 0.2) is 0 Å². The van der Waals surface area contributed by atoms with E-state index in [0.29, 0.717) is 18.7 Å². The van der Waals surface area contributed by atoms with Gasteiger partial charge in [0.05, 0.1) is 0 Å². The first-order chi connectivity index (χ1) is 12.0. The summed E-state index contributed by atoms with van der Waals surface area (Å²) >= 11 is 0. The zero-order valence-electron chi connectivity index (χ0n) is 15.0. The van der Waals surface area contributed by atoms with Crippen LogP contribution in [-0.4, -0.2) is 35.8 Å². The van der Waals surface area contributed by atoms with E-state index < -0.39 is 6.04 Å². The molecule has 0 bridgehead atoms. The van der Waals surface area contributed by atoms with Crippen LogP contribution < -0.4 is 4.90 Å². The third kappa shape index (κ3) is 3.29. The predicted molar refractivity (Wildman–Crippen MR) is 99.9 cm³/mol. The molecule has 1 aliphatic heterocycles. The van der Waals surface area contributed by atoms with Crippen LogP contribution in [0.2, 0.25) is 0 Å². The van der Waals surface area contributed by atoms with Crippen molar-refractivity contribution in [1.29, 1.82) is 0 Å². The monoisotopic (exact) mass is 336 g/mol. The standard InChI is InChI=1S/C21H24N2O2/c1-4-17-9-5-6-11-19(17)23-13-12-22(16(3)20(23)24)21(25)18-10-7-8-15(2)14-18/h5-11,14,16H,4,12-13H2,1-3H3/t16-/m0/s1. The molecule has 4 nitrogen and oxygen atoms in total. The molecule has 1 saturated heterocycles. The Bertz CT molecular complexity index is 800. The molecular formula is C21H24N2O2. The molecule has 2 amide bonds. The Balaban J connectivity index is 1.83. The summed E-state index contributed by atoms with van der Waals surface area (Å²) in [6.07, 6.45) is 0.875. The number of benzene rings is 2. The first-order valence-corrected chi connectivity index (χ1v) is 8.80. The lowest BCUT2D eigenvalue weighted by Crippen LogP contribution is -2.58. The van der Waals surface area contributed by atoms with Gasteiger partial charge in [-0.05, 0) is 44.0 Å². The van der Waals surface area contributed by atoms with Gasteiger partial charge in [-0.25, -0.2) is 0 Å². The van der Waals surface area contributed by atoms with Crippen molar-refractivity contribution in [3.05, 3.63) is 65.2 Å². The Hall–Kier alpha value is -2.62. The molecule has 0 spiro atoms. The molecule has 0 unspecified atom stereocenters. The number of para-hydroxylation sites is 1. The number of piperazine rings is 1. The van der Waals surface area contributed by atoms with Crippen LogP contribution in [0.15, 0.2) is 48.5 Å². The van der Waals surface area contributed by atoms with Gasteiger partial charge in [-0.15, -0.1) is 0 Å². The van der Waals surface area contributed by atoms with E-state index in [1.165, 1.54) is 0 Å². The second kappa shape index (κ2) is 7.09. The average Bonchev–Trinajstić information content (AvgIpc) is 2.63. The maximum absolute atomic E-state index is 12.9. The zero-order valence-corrected chi connectivity index (χ0v) is 15.0. The molecule has 1 fully saturated rings. The number of carbonyl (C=O) groups excluding carboxylic acids is 2. The highest BCUT2D eigenvalue weighted by Gasteiger charge is 2.35. The smallest absolute Gasteiger partial charge is 0.254 e. The van der Waals surface area contributed by atoms with Gasteiger partial charge < -0.3 is 9.80 Å². The van der Waals surface area contributed by atoms with E-state index in [4.69, 9.17) is 0 Å². The van der Waals surface area contributed by atoms with Crippen molar-refractivity contribution in [2.24, 2.45) is 0 Å². The number of amides is 2. The Labute approximate surface area is 149 Å². The van der Waals surface area contributed by atoms with E-state index in [9.17, 15) is 9.59 Å². The summed E-state index contributed by atoms with van der Waals surface area (Å²) in [5, 5.41) is 0. The zero-order chi connectivity index (χ0) is 18.0. The van der Waals surface area contributed by atoms with Gasteiger partial charge in [0.2, 0.25) is 5.91 Å². The predicted octanol–water partition coefficient (Wildman–Crippen LogP) is 3.43. The van der Waals surface area contributed by atoms with Gasteiger partial charge in [0.25, 0.3) is 5.91 Å². The van der Waals surface area contributed by atoms with Crippen LogP contribution in [0.4, 0.5) is 5.69 Å². The molecule has 0 aliphatic carbocycles. The van der Waals surface area contributed by atoms with Gasteiger partial charge in [-0.3, -0.25) is 9.59 Å². The van der Waals surface area contributed by atoms with Gasteiger partial charge in [-0.1, -0.05) is 42.8 Å². The van der Waals surface area contributed by atoms with Gasteiger partial charge in [0, 0.05) is 24.3 Å². The summed E-state index contributed by atoms with van der Waals surface area (Å²) in [7, 11) is 0. The summed E-state index contributed by atoms with van der Waals surface area (Å²) in [6.45, 7) is 6.93. The quantitative estimate of drug-likeness (QED) is 0.861. The summed E-state index contributed by atoms with van der Waals surface area (Å²) in [5.74, 6) is -0.0962. The number of hydrogen-bond acceptors (Lipinski definition) is 2. The van der Waals surface area contributed by atoms with E-state index in [0.717, 1.165) is 23.2 Å². The topological polar surface area (TPSA) is 40.6 Å². The molecule has 3 rings (SSSR count). The number of anilines is 1. The van der Waals surface area contributed by atoms with Crippen molar-refractivity contribution in [1.82, 2.24) is 4.90 Å². The lowest BCUT2D eigenvalue weighted by molar-refractivity contribution is -0.124. The van der Waals surface area contributed by atoms with Gasteiger partial charge in [0.1, 0.15) is 6.04 Å². The number of aryl methyl sites for hydroxylation is 2. The molecule has 4 heteroatoms. The summed E-state index contributed by atoms with van der Waals surface area (Å²) in [4.78, 5) is 29.3. The molecule has 2 aromatic carbocycles. The molecule has 0 saturated carbocycles. The van der Waals surface area contributed by atoms with Crippen LogP contribution >= 0.6 is 0 Å². The fourth-order valence-corrected chi connectivity index (χ4v) is 3.40. The maximum Gasteiger partial charge on any atom is 0.254 e. The first-order valence-electron chi connectivity index (χ1n) is 8.80. The Morgan fingerprint density at radius 1 is 1.12 bits per heavy atom. The number of nitrogens with zero attached hydrogens (tertiary/aromatic N) is 2. The number of hydrogen-bond donors (Lipinski definition) is 0. The second-order valence-corrected chi connectivity index (χ2v) is 6.52.